The van der Waals surface area contributed by atoms with Crippen molar-refractivity contribution in [3.05, 3.63) is 0 Å². The molecule has 0 radical (unpaired) electrons. The lowest BCUT2D eigenvalue weighted by Crippen LogP contribution is -2.30. The number of hydrogen-bond donors (Lipinski definition) is 0. The van der Waals surface area contributed by atoms with Crippen molar-refractivity contribution >= 4 is 31.1 Å². The number of rotatable bonds is 7. The maximum atomic E-state index is 2.56. The molecule has 0 nitrogen and oxygen atoms in total. The van der Waals surface area contributed by atoms with Crippen LogP contribution in [0.4, 0.5) is 0 Å². The lowest BCUT2D eigenvalue weighted by Gasteiger charge is -2.49. The Kier molecular flexibility index (Phi) is 12.0. The van der Waals surface area contributed by atoms with Crippen LogP contribution in [0.2, 0.25) is 0 Å². The van der Waals surface area contributed by atoms with Crippen LogP contribution in [0.5, 0.6) is 0 Å². The Balaban J connectivity index is 6.00. The molecule has 0 aliphatic rings. The first kappa shape index (κ1) is 33.7. The maximum Gasteiger partial charge on any atom is -0.0140 e. The molecule has 0 bridgehead atoms. The van der Waals surface area contributed by atoms with Crippen LogP contribution in [0, 0.1) is 0 Å². The van der Waals surface area contributed by atoms with Gasteiger partial charge in [-0.2, -0.15) is 0 Å². The van der Waals surface area contributed by atoms with E-state index in [0.717, 1.165) is 0 Å². The molecule has 0 aromatic rings. The Hall–Kier alpha value is 1.72. The third-order valence-electron chi connectivity index (χ3n) is 6.15. The predicted molar refractivity (Wildman–Crippen MR) is 166 cm³/mol. The second-order valence-electron chi connectivity index (χ2n) is 15.6. The van der Waals surface area contributed by atoms with Gasteiger partial charge in [0.25, 0.3) is 0 Å². The molecule has 0 spiro atoms. The normalized spacial score (nSPS) is 17.2. The monoisotopic (exact) mass is 522 g/mol. The van der Waals surface area contributed by atoms with Crippen molar-refractivity contribution in [1.29, 1.82) is 0 Å². The maximum absolute atomic E-state index is 2.56. The van der Waals surface area contributed by atoms with Crippen molar-refractivity contribution < 1.29 is 0 Å². The summed E-state index contributed by atoms with van der Waals surface area (Å²) in [7, 11) is -0.00437. The van der Waals surface area contributed by atoms with Crippen LogP contribution < -0.4 is 0 Å². The third kappa shape index (κ3) is 11.2. The zero-order valence-electron chi connectivity index (χ0n) is 25.6. The average molecular weight is 523 g/mol. The Labute approximate surface area is 210 Å². The Morgan fingerprint density at radius 2 is 0.469 bits per heavy atom. The van der Waals surface area contributed by atoms with E-state index in [1.54, 1.807) is 0 Å². The standard InChI is InChI=1S/C28H62P4/c1-23(2,3)29(24(4,5)6)19-21-31(27(13,14)15)32(28(16,17)18)22-20-30(25(7,8)9)26(10,11)12/h19-22H2,1-18H3/t31-,32-/m0/s1. The van der Waals surface area contributed by atoms with Crippen LogP contribution in [0.25, 0.3) is 0 Å². The van der Waals surface area contributed by atoms with Gasteiger partial charge in [-0.3, -0.25) is 0 Å². The largest absolute Gasteiger partial charge is 0.0953 e. The zero-order chi connectivity index (χ0) is 26.1. The van der Waals surface area contributed by atoms with Gasteiger partial charge in [-0.05, 0) is 55.6 Å². The second kappa shape index (κ2) is 11.4. The van der Waals surface area contributed by atoms with E-state index < -0.39 is 0 Å². The Morgan fingerprint density at radius 1 is 0.281 bits per heavy atom. The quantitative estimate of drug-likeness (QED) is 0.292. The summed E-state index contributed by atoms with van der Waals surface area (Å²) in [5, 5.41) is 2.62. The average Bonchev–Trinajstić information content (AvgIpc) is 2.40. The lowest BCUT2D eigenvalue weighted by molar-refractivity contribution is 0.704. The first-order valence-electron chi connectivity index (χ1n) is 12.8. The third-order valence-corrected chi connectivity index (χ3v) is 26.2. The number of hydrogen-bond acceptors (Lipinski definition) is 0. The molecule has 0 N–H and O–H groups in total. The summed E-state index contributed by atoms with van der Waals surface area (Å²) in [6.07, 6.45) is 5.86. The van der Waals surface area contributed by atoms with E-state index in [1.807, 2.05) is 0 Å². The fourth-order valence-electron chi connectivity index (χ4n) is 5.38. The van der Waals surface area contributed by atoms with Crippen LogP contribution in [-0.2, 0) is 0 Å². The highest BCUT2D eigenvalue weighted by molar-refractivity contribution is 8.31. The van der Waals surface area contributed by atoms with Crippen molar-refractivity contribution in [3.8, 4) is 0 Å². The first-order valence-corrected chi connectivity index (χ1v) is 19.6. The smallest absolute Gasteiger partial charge is 0.0140 e. The van der Waals surface area contributed by atoms with Crippen molar-refractivity contribution in [2.24, 2.45) is 0 Å². The van der Waals surface area contributed by atoms with E-state index in [1.165, 1.54) is 24.6 Å². The fourth-order valence-corrected chi connectivity index (χ4v) is 25.9. The molecule has 0 rings (SSSR count). The van der Waals surface area contributed by atoms with Gasteiger partial charge < -0.3 is 0 Å². The fraction of sp³-hybridized carbons (Fsp3) is 1.00. The summed E-state index contributed by atoms with van der Waals surface area (Å²) in [6.45, 7) is 45.3. The highest BCUT2D eigenvalue weighted by Gasteiger charge is 2.42. The summed E-state index contributed by atoms with van der Waals surface area (Å²) in [5.74, 6) is 0. The lowest BCUT2D eigenvalue weighted by atomic mass is 10.2. The van der Waals surface area contributed by atoms with Gasteiger partial charge in [0.2, 0.25) is 0 Å². The van der Waals surface area contributed by atoms with Crippen molar-refractivity contribution in [2.45, 2.75) is 156 Å². The highest BCUT2D eigenvalue weighted by Crippen LogP contribution is 2.81. The predicted octanol–water partition coefficient (Wildman–Crippen LogP) is 11.6. The topological polar surface area (TPSA) is 0 Å². The van der Waals surface area contributed by atoms with Crippen molar-refractivity contribution in [3.63, 3.8) is 0 Å². The molecule has 0 heterocycles. The van der Waals surface area contributed by atoms with Crippen LogP contribution in [-0.4, -0.2) is 55.6 Å². The molecular weight excluding hydrogens is 460 g/mol. The van der Waals surface area contributed by atoms with Gasteiger partial charge in [0.1, 0.15) is 0 Å². The van der Waals surface area contributed by atoms with Gasteiger partial charge in [0, 0.05) is 0 Å². The summed E-state index contributed by atoms with van der Waals surface area (Å²) in [5.41, 5.74) is 0. The molecule has 0 unspecified atom stereocenters. The minimum absolute atomic E-state index is 0.00899. The van der Waals surface area contributed by atoms with Gasteiger partial charge >= 0.3 is 0 Å². The zero-order valence-corrected chi connectivity index (χ0v) is 29.2. The van der Waals surface area contributed by atoms with E-state index in [-0.39, 0.29) is 31.1 Å². The minimum atomic E-state index is -0.0112. The molecule has 0 amide bonds. The molecule has 2 atom stereocenters. The SMILES string of the molecule is CC(C)(C)P(CC[P@]([P@@](CCP(C(C)(C)C)C(C)(C)C)C(C)(C)C)C(C)(C)C)C(C)(C)C. The summed E-state index contributed by atoms with van der Waals surface area (Å²) < 4.78 is 0. The van der Waals surface area contributed by atoms with Gasteiger partial charge in [0.15, 0.2) is 0 Å². The molecule has 0 aliphatic carbocycles. The van der Waals surface area contributed by atoms with Gasteiger partial charge in [-0.15, -0.1) is 0 Å². The second-order valence-corrected chi connectivity index (χ2v) is 31.6. The Morgan fingerprint density at radius 3 is 0.594 bits per heavy atom. The van der Waals surface area contributed by atoms with E-state index in [9.17, 15) is 0 Å². The van der Waals surface area contributed by atoms with Crippen LogP contribution in [0.1, 0.15) is 125 Å². The van der Waals surface area contributed by atoms with Crippen LogP contribution in [0.3, 0.4) is 0 Å². The molecular formula is C28H62P4. The highest BCUT2D eigenvalue weighted by atomic mass is 32.1. The molecule has 0 aliphatic heterocycles. The molecule has 4 heteroatoms. The van der Waals surface area contributed by atoms with Gasteiger partial charge in [-0.1, -0.05) is 156 Å². The first-order chi connectivity index (χ1) is 13.7. The summed E-state index contributed by atoms with van der Waals surface area (Å²) >= 11 is 0. The molecule has 0 aromatic heterocycles. The molecule has 0 saturated carbocycles. The van der Waals surface area contributed by atoms with Gasteiger partial charge in [0.05, 0.1) is 0 Å². The van der Waals surface area contributed by atoms with Gasteiger partial charge in [-0.25, -0.2) is 0 Å². The van der Waals surface area contributed by atoms with E-state index in [0.29, 0.717) is 30.9 Å². The molecule has 0 saturated heterocycles. The molecule has 0 aromatic carbocycles. The summed E-state index contributed by atoms with van der Waals surface area (Å²) in [6, 6.07) is 0. The van der Waals surface area contributed by atoms with Crippen LogP contribution in [0.15, 0.2) is 0 Å². The van der Waals surface area contributed by atoms with E-state index in [2.05, 4.69) is 125 Å². The Bertz CT molecular complexity index is 473. The van der Waals surface area contributed by atoms with E-state index >= 15 is 0 Å². The van der Waals surface area contributed by atoms with Crippen molar-refractivity contribution in [1.82, 2.24) is 0 Å². The van der Waals surface area contributed by atoms with E-state index in [4.69, 9.17) is 0 Å². The molecule has 0 fully saturated rings. The molecule has 194 valence electrons. The minimum Gasteiger partial charge on any atom is -0.0953 e. The summed E-state index contributed by atoms with van der Waals surface area (Å²) in [4.78, 5) is 0. The van der Waals surface area contributed by atoms with Crippen LogP contribution >= 0.6 is 31.1 Å². The van der Waals surface area contributed by atoms with Crippen molar-refractivity contribution in [2.75, 3.05) is 24.6 Å². The molecule has 32 heavy (non-hydrogen) atoms.